The Morgan fingerprint density at radius 3 is 2.75 bits per heavy atom. The van der Waals surface area contributed by atoms with Crippen LogP contribution in [0.2, 0.25) is 0 Å². The quantitative estimate of drug-likeness (QED) is 0.725. The molecule has 1 rings (SSSR count). The summed E-state index contributed by atoms with van der Waals surface area (Å²) < 4.78 is 12.9. The highest BCUT2D eigenvalue weighted by Crippen LogP contribution is 2.18. The van der Waals surface area contributed by atoms with Crippen molar-refractivity contribution in [1.29, 1.82) is 5.26 Å². The molecule has 0 amide bonds. The van der Waals surface area contributed by atoms with E-state index in [0.29, 0.717) is 0 Å². The van der Waals surface area contributed by atoms with Crippen LogP contribution in [0.4, 0.5) is 4.39 Å². The summed E-state index contributed by atoms with van der Waals surface area (Å²) in [6.45, 7) is 0. The van der Waals surface area contributed by atoms with Crippen LogP contribution in [0.5, 0.6) is 0 Å². The van der Waals surface area contributed by atoms with Gasteiger partial charge in [0.15, 0.2) is 0 Å². The summed E-state index contributed by atoms with van der Waals surface area (Å²) in [7, 11) is 0. The maximum Gasteiger partial charge on any atom is 0.129 e. The van der Waals surface area contributed by atoms with Gasteiger partial charge in [-0.1, -0.05) is 18.2 Å². The summed E-state index contributed by atoms with van der Waals surface area (Å²) >= 11 is 0. The van der Waals surface area contributed by atoms with E-state index < -0.39 is 11.9 Å². The number of aliphatic hydroxyl groups is 1. The summed E-state index contributed by atoms with van der Waals surface area (Å²) in [5.41, 5.74) is 0.180. The van der Waals surface area contributed by atoms with Gasteiger partial charge in [-0.15, -0.1) is 0 Å². The third-order valence-electron chi connectivity index (χ3n) is 1.55. The van der Waals surface area contributed by atoms with Crippen LogP contribution < -0.4 is 0 Å². The van der Waals surface area contributed by atoms with Crippen LogP contribution in [0, 0.1) is 17.1 Å². The van der Waals surface area contributed by atoms with Gasteiger partial charge in [-0.3, -0.25) is 0 Å². The molecule has 0 aromatic heterocycles. The SMILES string of the molecule is N#CCC(O)c1ccccc1F. The molecule has 1 N–H and O–H groups in total. The lowest BCUT2D eigenvalue weighted by molar-refractivity contribution is 0.178. The maximum absolute atomic E-state index is 12.9. The molecule has 0 fully saturated rings. The zero-order valence-electron chi connectivity index (χ0n) is 6.37. The fourth-order valence-corrected chi connectivity index (χ4v) is 0.942. The highest BCUT2D eigenvalue weighted by atomic mass is 19.1. The Kier molecular flexibility index (Phi) is 2.78. The molecular weight excluding hydrogens is 157 g/mol. The van der Waals surface area contributed by atoms with E-state index in [2.05, 4.69) is 0 Å². The first-order valence-electron chi connectivity index (χ1n) is 3.55. The number of benzene rings is 1. The number of hydrogen-bond donors (Lipinski definition) is 1. The molecule has 0 radical (unpaired) electrons. The zero-order chi connectivity index (χ0) is 8.97. The minimum atomic E-state index is -1.02. The number of halogens is 1. The number of nitriles is 1. The van der Waals surface area contributed by atoms with E-state index in [-0.39, 0.29) is 12.0 Å². The maximum atomic E-state index is 12.9. The average Bonchev–Trinajstić information content (AvgIpc) is 2.05. The zero-order valence-corrected chi connectivity index (χ0v) is 6.37. The topological polar surface area (TPSA) is 44.0 Å². The molecular formula is C9H8FNO. The minimum absolute atomic E-state index is 0.0824. The molecule has 2 nitrogen and oxygen atoms in total. The number of nitrogens with zero attached hydrogens (tertiary/aromatic N) is 1. The van der Waals surface area contributed by atoms with Crippen LogP contribution >= 0.6 is 0 Å². The number of rotatable bonds is 2. The molecule has 12 heavy (non-hydrogen) atoms. The number of hydrogen-bond acceptors (Lipinski definition) is 2. The van der Waals surface area contributed by atoms with Gasteiger partial charge >= 0.3 is 0 Å². The third-order valence-corrected chi connectivity index (χ3v) is 1.55. The van der Waals surface area contributed by atoms with Crippen molar-refractivity contribution < 1.29 is 9.50 Å². The van der Waals surface area contributed by atoms with Crippen LogP contribution in [0.3, 0.4) is 0 Å². The fraction of sp³-hybridized carbons (Fsp3) is 0.222. The van der Waals surface area contributed by atoms with Gasteiger partial charge in [0.05, 0.1) is 18.6 Å². The van der Waals surface area contributed by atoms with Crippen molar-refractivity contribution in [1.82, 2.24) is 0 Å². The van der Waals surface area contributed by atoms with Gasteiger partial charge in [-0.2, -0.15) is 5.26 Å². The number of aliphatic hydroxyl groups excluding tert-OH is 1. The lowest BCUT2D eigenvalue weighted by atomic mass is 10.1. The van der Waals surface area contributed by atoms with Gasteiger partial charge in [0.2, 0.25) is 0 Å². The Labute approximate surface area is 69.9 Å². The van der Waals surface area contributed by atoms with Gasteiger partial charge in [-0.25, -0.2) is 4.39 Å². The molecule has 0 aliphatic rings. The molecule has 0 saturated carbocycles. The van der Waals surface area contributed by atoms with Crippen LogP contribution in [-0.2, 0) is 0 Å². The summed E-state index contributed by atoms with van der Waals surface area (Å²) in [5, 5.41) is 17.5. The molecule has 62 valence electrons. The smallest absolute Gasteiger partial charge is 0.129 e. The summed E-state index contributed by atoms with van der Waals surface area (Å²) in [4.78, 5) is 0. The molecule has 0 aliphatic carbocycles. The predicted molar refractivity (Wildman–Crippen MR) is 41.6 cm³/mol. The molecule has 0 heterocycles. The van der Waals surface area contributed by atoms with E-state index in [1.165, 1.54) is 18.2 Å². The molecule has 1 unspecified atom stereocenters. The lowest BCUT2D eigenvalue weighted by Gasteiger charge is -2.06. The lowest BCUT2D eigenvalue weighted by Crippen LogP contribution is -1.98. The van der Waals surface area contributed by atoms with Crippen molar-refractivity contribution in [2.24, 2.45) is 0 Å². The van der Waals surface area contributed by atoms with Crippen molar-refractivity contribution in [3.8, 4) is 6.07 Å². The summed E-state index contributed by atoms with van der Waals surface area (Å²) in [5.74, 6) is -0.472. The van der Waals surface area contributed by atoms with Crippen LogP contribution in [0.1, 0.15) is 18.1 Å². The Bertz CT molecular complexity index is 306. The first-order chi connectivity index (χ1) is 5.75. The second-order valence-corrected chi connectivity index (χ2v) is 2.40. The van der Waals surface area contributed by atoms with Crippen molar-refractivity contribution in [2.75, 3.05) is 0 Å². The molecule has 1 atom stereocenters. The van der Waals surface area contributed by atoms with E-state index in [1.807, 2.05) is 0 Å². The van der Waals surface area contributed by atoms with E-state index >= 15 is 0 Å². The Hall–Kier alpha value is -1.40. The summed E-state index contributed by atoms with van der Waals surface area (Å²) in [6, 6.07) is 7.67. The van der Waals surface area contributed by atoms with E-state index in [9.17, 15) is 9.50 Å². The molecule has 3 heteroatoms. The van der Waals surface area contributed by atoms with Crippen molar-refractivity contribution >= 4 is 0 Å². The molecule has 1 aromatic carbocycles. The highest BCUT2D eigenvalue weighted by Gasteiger charge is 2.10. The minimum Gasteiger partial charge on any atom is -0.387 e. The van der Waals surface area contributed by atoms with Crippen LogP contribution in [-0.4, -0.2) is 5.11 Å². The van der Waals surface area contributed by atoms with Crippen molar-refractivity contribution in [3.63, 3.8) is 0 Å². The van der Waals surface area contributed by atoms with Crippen molar-refractivity contribution in [2.45, 2.75) is 12.5 Å². The third kappa shape index (κ3) is 1.80. The van der Waals surface area contributed by atoms with Gasteiger partial charge in [-0.05, 0) is 6.07 Å². The van der Waals surface area contributed by atoms with Crippen molar-refractivity contribution in [3.05, 3.63) is 35.6 Å². The van der Waals surface area contributed by atoms with Gasteiger partial charge in [0.25, 0.3) is 0 Å². The first-order valence-corrected chi connectivity index (χ1v) is 3.55. The summed E-state index contributed by atoms with van der Waals surface area (Å²) in [6.07, 6.45) is -1.10. The monoisotopic (exact) mass is 165 g/mol. The fourth-order valence-electron chi connectivity index (χ4n) is 0.942. The second kappa shape index (κ2) is 3.84. The molecule has 0 saturated heterocycles. The van der Waals surface area contributed by atoms with E-state index in [4.69, 9.17) is 5.26 Å². The predicted octanol–water partition coefficient (Wildman–Crippen LogP) is 1.77. The normalized spacial score (nSPS) is 12.1. The van der Waals surface area contributed by atoms with E-state index in [1.54, 1.807) is 12.1 Å². The van der Waals surface area contributed by atoms with Gasteiger partial charge in [0.1, 0.15) is 5.82 Å². The Balaban J connectivity index is 2.88. The molecule has 1 aromatic rings. The van der Waals surface area contributed by atoms with Gasteiger partial charge in [0, 0.05) is 5.56 Å². The van der Waals surface area contributed by atoms with E-state index in [0.717, 1.165) is 0 Å². The van der Waals surface area contributed by atoms with Gasteiger partial charge < -0.3 is 5.11 Å². The van der Waals surface area contributed by atoms with Crippen LogP contribution in [0.15, 0.2) is 24.3 Å². The largest absolute Gasteiger partial charge is 0.387 e. The molecule has 0 spiro atoms. The highest BCUT2D eigenvalue weighted by molar-refractivity contribution is 5.20. The first kappa shape index (κ1) is 8.69. The molecule has 0 bridgehead atoms. The standard InChI is InChI=1S/C9H8FNO/c10-8-4-2-1-3-7(8)9(12)5-6-11/h1-4,9,12H,5H2. The molecule has 0 aliphatic heterocycles. The van der Waals surface area contributed by atoms with Crippen LogP contribution in [0.25, 0.3) is 0 Å². The Morgan fingerprint density at radius 2 is 2.17 bits per heavy atom. The Morgan fingerprint density at radius 1 is 1.50 bits per heavy atom. The average molecular weight is 165 g/mol. The second-order valence-electron chi connectivity index (χ2n) is 2.40.